The van der Waals surface area contributed by atoms with Gasteiger partial charge in [0.2, 0.25) is 11.6 Å². The first-order valence-corrected chi connectivity index (χ1v) is 7.94. The van der Waals surface area contributed by atoms with Gasteiger partial charge in [0.25, 0.3) is 0 Å². The Morgan fingerprint density at radius 2 is 1.22 bits per heavy atom. The molecule has 2 aromatic carbocycles. The molecule has 0 atom stereocenters. The van der Waals surface area contributed by atoms with E-state index in [1.165, 1.54) is 12.0 Å². The van der Waals surface area contributed by atoms with Crippen LogP contribution in [0.25, 0.3) is 22.8 Å². The van der Waals surface area contributed by atoms with E-state index in [0.717, 1.165) is 23.5 Å². The largest absolute Gasteiger partial charge is 0.203 e. The zero-order chi connectivity index (χ0) is 16.1. The smallest absolute Gasteiger partial charge is 0.126 e. The number of rotatable bonds is 5. The predicted octanol–water partition coefficient (Wildman–Crippen LogP) is 4.19. The van der Waals surface area contributed by atoms with Crippen molar-refractivity contribution < 1.29 is 0 Å². The van der Waals surface area contributed by atoms with Crippen LogP contribution in [-0.4, -0.2) is 20.4 Å². The first kappa shape index (κ1) is 15.3. The van der Waals surface area contributed by atoms with Crippen LogP contribution in [0.1, 0.15) is 25.8 Å². The maximum atomic E-state index is 4.21. The molecular weight excluding hydrogens is 284 g/mol. The molecule has 0 aliphatic heterocycles. The second-order valence-corrected chi connectivity index (χ2v) is 6.04. The molecule has 0 spiro atoms. The zero-order valence-electron chi connectivity index (χ0n) is 13.5. The Morgan fingerprint density at radius 3 is 1.74 bits per heavy atom. The molecule has 0 unspecified atom stereocenters. The minimum Gasteiger partial charge on any atom is -0.126 e. The van der Waals surface area contributed by atoms with E-state index in [1.807, 2.05) is 42.5 Å². The van der Waals surface area contributed by atoms with Crippen LogP contribution < -0.4 is 0 Å². The highest BCUT2D eigenvalue weighted by Crippen LogP contribution is 2.18. The quantitative estimate of drug-likeness (QED) is 0.709. The molecule has 0 saturated carbocycles. The van der Waals surface area contributed by atoms with Gasteiger partial charge in [0.1, 0.15) is 0 Å². The Balaban J connectivity index is 1.74. The van der Waals surface area contributed by atoms with E-state index >= 15 is 0 Å². The van der Waals surface area contributed by atoms with E-state index < -0.39 is 0 Å². The summed E-state index contributed by atoms with van der Waals surface area (Å²) in [6, 6.07) is 18.1. The van der Waals surface area contributed by atoms with Gasteiger partial charge in [0, 0.05) is 11.1 Å². The Hall–Kier alpha value is -2.62. The standard InChI is InChI=1S/C19H20N4/c1-14(2)8-9-15-10-12-17(13-11-15)19-22-20-18(21-23-19)16-6-4-3-5-7-16/h3-7,10-14H,8-9H2,1-2H3. The molecular formula is C19H20N4. The van der Waals surface area contributed by atoms with E-state index in [1.54, 1.807) is 0 Å². The van der Waals surface area contributed by atoms with Crippen molar-refractivity contribution in [2.24, 2.45) is 5.92 Å². The minimum absolute atomic E-state index is 0.544. The summed E-state index contributed by atoms with van der Waals surface area (Å²) in [4.78, 5) is 0. The van der Waals surface area contributed by atoms with Gasteiger partial charge in [-0.05, 0) is 24.3 Å². The van der Waals surface area contributed by atoms with Gasteiger partial charge in [-0.1, -0.05) is 68.4 Å². The molecule has 1 heterocycles. The lowest BCUT2D eigenvalue weighted by Gasteiger charge is -2.05. The van der Waals surface area contributed by atoms with Gasteiger partial charge >= 0.3 is 0 Å². The van der Waals surface area contributed by atoms with E-state index in [9.17, 15) is 0 Å². The van der Waals surface area contributed by atoms with Gasteiger partial charge in [-0.15, -0.1) is 20.4 Å². The molecule has 0 radical (unpaired) electrons. The SMILES string of the molecule is CC(C)CCc1ccc(-c2nnc(-c3ccccc3)nn2)cc1. The molecule has 3 aromatic rings. The number of hydrogen-bond donors (Lipinski definition) is 0. The average Bonchev–Trinajstić information content (AvgIpc) is 2.61. The third-order valence-corrected chi connectivity index (χ3v) is 3.73. The van der Waals surface area contributed by atoms with Crippen molar-refractivity contribution in [1.82, 2.24) is 20.4 Å². The fourth-order valence-electron chi connectivity index (χ4n) is 2.32. The summed E-state index contributed by atoms with van der Waals surface area (Å²) in [5, 5.41) is 16.8. The Labute approximate surface area is 136 Å². The molecule has 4 heteroatoms. The molecule has 23 heavy (non-hydrogen) atoms. The fraction of sp³-hybridized carbons (Fsp3) is 0.263. The molecule has 0 N–H and O–H groups in total. The number of hydrogen-bond acceptors (Lipinski definition) is 4. The summed E-state index contributed by atoms with van der Waals surface area (Å²) in [6.45, 7) is 4.49. The van der Waals surface area contributed by atoms with Crippen LogP contribution >= 0.6 is 0 Å². The van der Waals surface area contributed by atoms with Crippen molar-refractivity contribution in [3.63, 3.8) is 0 Å². The van der Waals surface area contributed by atoms with Crippen molar-refractivity contribution in [3.8, 4) is 22.8 Å². The number of aryl methyl sites for hydroxylation is 1. The second kappa shape index (κ2) is 7.09. The molecule has 0 saturated heterocycles. The van der Waals surface area contributed by atoms with Gasteiger partial charge in [-0.25, -0.2) is 0 Å². The monoisotopic (exact) mass is 304 g/mol. The fourth-order valence-corrected chi connectivity index (χ4v) is 2.32. The minimum atomic E-state index is 0.544. The summed E-state index contributed by atoms with van der Waals surface area (Å²) in [7, 11) is 0. The van der Waals surface area contributed by atoms with E-state index in [0.29, 0.717) is 11.6 Å². The van der Waals surface area contributed by atoms with Crippen molar-refractivity contribution in [1.29, 1.82) is 0 Å². The van der Waals surface area contributed by atoms with Crippen molar-refractivity contribution >= 4 is 0 Å². The predicted molar refractivity (Wildman–Crippen MR) is 91.7 cm³/mol. The van der Waals surface area contributed by atoms with Crippen LogP contribution in [-0.2, 0) is 6.42 Å². The lowest BCUT2D eigenvalue weighted by molar-refractivity contribution is 0.587. The maximum absolute atomic E-state index is 4.21. The normalized spacial score (nSPS) is 10.9. The lowest BCUT2D eigenvalue weighted by Crippen LogP contribution is -1.99. The summed E-state index contributed by atoms with van der Waals surface area (Å²) in [6.07, 6.45) is 2.30. The molecule has 116 valence electrons. The van der Waals surface area contributed by atoms with Crippen molar-refractivity contribution in [2.75, 3.05) is 0 Å². The van der Waals surface area contributed by atoms with Crippen LogP contribution in [0.2, 0.25) is 0 Å². The van der Waals surface area contributed by atoms with E-state index in [4.69, 9.17) is 0 Å². The summed E-state index contributed by atoms with van der Waals surface area (Å²) < 4.78 is 0. The second-order valence-electron chi connectivity index (χ2n) is 6.04. The van der Waals surface area contributed by atoms with E-state index in [-0.39, 0.29) is 0 Å². The Bertz CT molecular complexity index is 735. The molecule has 0 bridgehead atoms. The van der Waals surface area contributed by atoms with Gasteiger partial charge < -0.3 is 0 Å². The van der Waals surface area contributed by atoms with Crippen LogP contribution in [0.3, 0.4) is 0 Å². The molecule has 0 aliphatic carbocycles. The topological polar surface area (TPSA) is 51.6 Å². The third-order valence-electron chi connectivity index (χ3n) is 3.73. The van der Waals surface area contributed by atoms with Gasteiger partial charge in [0.05, 0.1) is 0 Å². The van der Waals surface area contributed by atoms with Gasteiger partial charge in [0.15, 0.2) is 0 Å². The zero-order valence-corrected chi connectivity index (χ0v) is 13.5. The van der Waals surface area contributed by atoms with Crippen LogP contribution in [0.4, 0.5) is 0 Å². The Kier molecular flexibility index (Phi) is 4.71. The number of benzene rings is 2. The number of nitrogens with zero attached hydrogens (tertiary/aromatic N) is 4. The first-order valence-electron chi connectivity index (χ1n) is 7.94. The Morgan fingerprint density at radius 1 is 0.696 bits per heavy atom. The highest BCUT2D eigenvalue weighted by molar-refractivity contribution is 5.56. The summed E-state index contributed by atoms with van der Waals surface area (Å²) >= 11 is 0. The van der Waals surface area contributed by atoms with Crippen molar-refractivity contribution in [2.45, 2.75) is 26.7 Å². The van der Waals surface area contributed by atoms with Crippen LogP contribution in [0.15, 0.2) is 54.6 Å². The third kappa shape index (κ3) is 3.97. The molecule has 0 aliphatic rings. The first-order chi connectivity index (χ1) is 11.2. The van der Waals surface area contributed by atoms with E-state index in [2.05, 4.69) is 46.4 Å². The average molecular weight is 304 g/mol. The molecule has 0 fully saturated rings. The molecule has 4 nitrogen and oxygen atoms in total. The lowest BCUT2D eigenvalue weighted by atomic mass is 10.0. The van der Waals surface area contributed by atoms with Crippen LogP contribution in [0, 0.1) is 5.92 Å². The van der Waals surface area contributed by atoms with Crippen molar-refractivity contribution in [3.05, 3.63) is 60.2 Å². The van der Waals surface area contributed by atoms with Gasteiger partial charge in [-0.2, -0.15) is 0 Å². The highest BCUT2D eigenvalue weighted by atomic mass is 15.3. The number of aromatic nitrogens is 4. The maximum Gasteiger partial charge on any atom is 0.203 e. The molecule has 3 rings (SSSR count). The van der Waals surface area contributed by atoms with Crippen LogP contribution in [0.5, 0.6) is 0 Å². The van der Waals surface area contributed by atoms with Gasteiger partial charge in [-0.3, -0.25) is 0 Å². The summed E-state index contributed by atoms with van der Waals surface area (Å²) in [5.41, 5.74) is 3.20. The molecule has 1 aromatic heterocycles. The molecule has 0 amide bonds. The summed E-state index contributed by atoms with van der Waals surface area (Å²) in [5.74, 6) is 1.82. The highest BCUT2D eigenvalue weighted by Gasteiger charge is 2.06.